The molecule has 0 aliphatic rings. The van der Waals surface area contributed by atoms with E-state index in [0.717, 1.165) is 18.2 Å². The van der Waals surface area contributed by atoms with Gasteiger partial charge in [0, 0.05) is 12.1 Å². The zero-order valence-electron chi connectivity index (χ0n) is 9.91. The molecule has 2 aromatic carbocycles. The van der Waals surface area contributed by atoms with Gasteiger partial charge in [-0.1, -0.05) is 11.6 Å². The summed E-state index contributed by atoms with van der Waals surface area (Å²) in [6, 6.07) is 2.73. The Balaban J connectivity index is 2.46. The highest BCUT2D eigenvalue weighted by Gasteiger charge is 2.25. The van der Waals surface area contributed by atoms with E-state index in [9.17, 15) is 26.0 Å². The first-order valence-corrected chi connectivity index (χ1v) is 7.03. The van der Waals surface area contributed by atoms with E-state index in [4.69, 9.17) is 11.6 Å². The van der Waals surface area contributed by atoms with Crippen LogP contribution in [0.15, 0.2) is 35.2 Å². The lowest BCUT2D eigenvalue weighted by molar-refractivity contribution is 0.459. The van der Waals surface area contributed by atoms with Gasteiger partial charge in [0.05, 0.1) is 5.02 Å². The van der Waals surface area contributed by atoms with Gasteiger partial charge in [0.1, 0.15) is 16.5 Å². The van der Waals surface area contributed by atoms with E-state index in [-0.39, 0.29) is 17.2 Å². The van der Waals surface area contributed by atoms with Crippen LogP contribution in [0.3, 0.4) is 0 Å². The topological polar surface area (TPSA) is 43.4 Å². The smallest absolute Gasteiger partial charge is 0.342 e. The van der Waals surface area contributed by atoms with Crippen LogP contribution in [0.1, 0.15) is 0 Å². The predicted molar refractivity (Wildman–Crippen MR) is 65.5 cm³/mol. The average molecular weight is 341 g/mol. The molecule has 0 bridgehead atoms. The fourth-order valence-electron chi connectivity index (χ4n) is 1.40. The fraction of sp³-hybridized carbons (Fsp3) is 0. The highest BCUT2D eigenvalue weighted by atomic mass is 35.5. The monoisotopic (exact) mass is 340 g/mol. The summed E-state index contributed by atoms with van der Waals surface area (Å²) in [4.78, 5) is -1.21. The number of hydrogen-bond acceptors (Lipinski definition) is 3. The van der Waals surface area contributed by atoms with E-state index in [0.29, 0.717) is 0 Å². The van der Waals surface area contributed by atoms with Gasteiger partial charge in [-0.2, -0.15) is 8.42 Å². The zero-order chi connectivity index (χ0) is 15.8. The summed E-state index contributed by atoms with van der Waals surface area (Å²) in [7, 11) is -4.81. The van der Waals surface area contributed by atoms with Crippen LogP contribution in [0.4, 0.5) is 17.6 Å². The van der Waals surface area contributed by atoms with Gasteiger partial charge in [-0.15, -0.1) is 0 Å². The van der Waals surface area contributed by atoms with Crippen LogP contribution in [0.5, 0.6) is 5.75 Å². The highest BCUT2D eigenvalue weighted by Crippen LogP contribution is 2.29. The molecule has 0 radical (unpaired) electrons. The maximum Gasteiger partial charge on any atom is 0.342 e. The Morgan fingerprint density at radius 1 is 0.905 bits per heavy atom. The van der Waals surface area contributed by atoms with Crippen molar-refractivity contribution in [3.63, 3.8) is 0 Å². The minimum Gasteiger partial charge on any atom is -0.377 e. The van der Waals surface area contributed by atoms with Gasteiger partial charge < -0.3 is 4.18 Å². The van der Waals surface area contributed by atoms with E-state index in [1.165, 1.54) is 0 Å². The van der Waals surface area contributed by atoms with Crippen LogP contribution in [0.2, 0.25) is 5.02 Å². The van der Waals surface area contributed by atoms with Crippen molar-refractivity contribution in [1.82, 2.24) is 0 Å². The molecule has 21 heavy (non-hydrogen) atoms. The first-order valence-electron chi connectivity index (χ1n) is 5.25. The van der Waals surface area contributed by atoms with E-state index < -0.39 is 44.0 Å². The molecule has 0 N–H and O–H groups in total. The summed E-state index contributed by atoms with van der Waals surface area (Å²) >= 11 is 5.56. The molecule has 0 unspecified atom stereocenters. The van der Waals surface area contributed by atoms with E-state index >= 15 is 0 Å². The maximum atomic E-state index is 13.4. The molecule has 0 aromatic heterocycles. The molecule has 0 amide bonds. The first kappa shape index (κ1) is 15.6. The minimum atomic E-state index is -4.81. The van der Waals surface area contributed by atoms with Crippen LogP contribution in [0, 0.1) is 23.3 Å². The van der Waals surface area contributed by atoms with Crippen molar-refractivity contribution in [3.05, 3.63) is 58.6 Å². The Kier molecular flexibility index (Phi) is 4.11. The lowest BCUT2D eigenvalue weighted by atomic mass is 10.3. The van der Waals surface area contributed by atoms with E-state index in [2.05, 4.69) is 4.18 Å². The zero-order valence-corrected chi connectivity index (χ0v) is 11.5. The summed E-state index contributed by atoms with van der Waals surface area (Å²) in [6.45, 7) is 0. The molecule has 9 heteroatoms. The first-order chi connectivity index (χ1) is 9.70. The Morgan fingerprint density at radius 3 is 2.14 bits per heavy atom. The molecule has 0 saturated carbocycles. The van der Waals surface area contributed by atoms with Crippen molar-refractivity contribution < 1.29 is 30.2 Å². The number of hydrogen-bond donors (Lipinski definition) is 0. The number of rotatable bonds is 3. The third kappa shape index (κ3) is 3.27. The fourth-order valence-corrected chi connectivity index (χ4v) is 2.67. The second-order valence-electron chi connectivity index (χ2n) is 3.81. The van der Waals surface area contributed by atoms with Gasteiger partial charge in [0.25, 0.3) is 0 Å². The molecule has 112 valence electrons. The maximum absolute atomic E-state index is 13.4. The van der Waals surface area contributed by atoms with Crippen molar-refractivity contribution in [1.29, 1.82) is 0 Å². The van der Waals surface area contributed by atoms with Crippen molar-refractivity contribution in [3.8, 4) is 5.75 Å². The third-order valence-electron chi connectivity index (χ3n) is 2.34. The molecule has 0 spiro atoms. The molecule has 0 saturated heterocycles. The predicted octanol–water partition coefficient (Wildman–Crippen LogP) is 3.66. The second-order valence-corrected chi connectivity index (χ2v) is 5.73. The molecule has 2 rings (SSSR count). The molecule has 0 heterocycles. The largest absolute Gasteiger partial charge is 0.377 e. The summed E-state index contributed by atoms with van der Waals surface area (Å²) in [5.74, 6) is -5.88. The van der Waals surface area contributed by atoms with Gasteiger partial charge in [-0.05, 0) is 18.2 Å². The number of benzene rings is 2. The molecule has 3 nitrogen and oxygen atoms in total. The van der Waals surface area contributed by atoms with Gasteiger partial charge in [0.2, 0.25) is 0 Å². The average Bonchev–Trinajstić information content (AvgIpc) is 2.37. The van der Waals surface area contributed by atoms with E-state index in [1.807, 2.05) is 0 Å². The van der Waals surface area contributed by atoms with Crippen LogP contribution in [0.25, 0.3) is 0 Å². The molecule has 0 atom stereocenters. The van der Waals surface area contributed by atoms with Gasteiger partial charge in [0.15, 0.2) is 17.4 Å². The Bertz CT molecular complexity index is 808. The molecular formula is C12H5ClF4O3S. The van der Waals surface area contributed by atoms with Gasteiger partial charge in [-0.25, -0.2) is 17.6 Å². The minimum absolute atomic E-state index is 0.0673. The second kappa shape index (κ2) is 5.53. The summed E-state index contributed by atoms with van der Waals surface area (Å²) in [5.41, 5.74) is 0. The lowest BCUT2D eigenvalue weighted by Crippen LogP contribution is -2.13. The molecule has 0 aliphatic carbocycles. The molecule has 0 aliphatic heterocycles. The van der Waals surface area contributed by atoms with Crippen molar-refractivity contribution in [2.75, 3.05) is 0 Å². The standard InChI is InChI=1S/C12H5ClF4O3S/c13-7-3-6(14)1-2-11(7)20-21(18,19)12-5-9(16)8(15)4-10(12)17/h1-5H. The summed E-state index contributed by atoms with van der Waals surface area (Å²) in [6.07, 6.45) is 0. The van der Waals surface area contributed by atoms with Crippen LogP contribution < -0.4 is 4.18 Å². The summed E-state index contributed by atoms with van der Waals surface area (Å²) in [5, 5.41) is -0.387. The van der Waals surface area contributed by atoms with Crippen molar-refractivity contribution >= 4 is 21.7 Å². The van der Waals surface area contributed by atoms with Crippen LogP contribution >= 0.6 is 11.6 Å². The van der Waals surface area contributed by atoms with Crippen molar-refractivity contribution in [2.45, 2.75) is 4.90 Å². The van der Waals surface area contributed by atoms with Crippen LogP contribution in [-0.2, 0) is 10.1 Å². The van der Waals surface area contributed by atoms with Gasteiger partial charge in [-0.3, -0.25) is 0 Å². The lowest BCUT2D eigenvalue weighted by Gasteiger charge is -2.09. The summed E-state index contributed by atoms with van der Waals surface area (Å²) < 4.78 is 80.2. The Labute approximate surface area is 121 Å². The van der Waals surface area contributed by atoms with Crippen molar-refractivity contribution in [2.24, 2.45) is 0 Å². The van der Waals surface area contributed by atoms with E-state index in [1.54, 1.807) is 0 Å². The SMILES string of the molecule is O=S(=O)(Oc1ccc(F)cc1Cl)c1cc(F)c(F)cc1F. The quantitative estimate of drug-likeness (QED) is 0.486. The molecule has 2 aromatic rings. The molecule has 0 fully saturated rings. The Morgan fingerprint density at radius 2 is 1.52 bits per heavy atom. The van der Waals surface area contributed by atoms with Crippen LogP contribution in [-0.4, -0.2) is 8.42 Å². The molecular weight excluding hydrogens is 336 g/mol. The Hall–Kier alpha value is -1.80. The number of halogens is 5. The third-order valence-corrected chi connectivity index (χ3v) is 3.88. The normalized spacial score (nSPS) is 11.5. The van der Waals surface area contributed by atoms with Gasteiger partial charge >= 0.3 is 10.1 Å². The highest BCUT2D eigenvalue weighted by molar-refractivity contribution is 7.87.